The fourth-order valence-corrected chi connectivity index (χ4v) is 2.50. The fraction of sp³-hybridized carbons (Fsp3) is 0.353. The monoisotopic (exact) mass is 328 g/mol. The van der Waals surface area contributed by atoms with E-state index in [1.165, 1.54) is 0 Å². The molecule has 0 spiro atoms. The molecule has 1 amide bonds. The second kappa shape index (κ2) is 7.27. The molecule has 1 aromatic carbocycles. The van der Waals surface area contributed by atoms with Crippen LogP contribution < -0.4 is 10.1 Å². The Bertz CT molecular complexity index is 712. The van der Waals surface area contributed by atoms with Crippen molar-refractivity contribution in [2.24, 2.45) is 0 Å². The van der Waals surface area contributed by atoms with Gasteiger partial charge in [-0.05, 0) is 36.8 Å². The number of carbonyl (C=O) groups is 1. The first-order valence-corrected chi connectivity index (χ1v) is 7.80. The largest absolute Gasteiger partial charge is 0.495 e. The lowest BCUT2D eigenvalue weighted by Crippen LogP contribution is -2.41. The Balaban J connectivity index is 1.73. The third-order valence-electron chi connectivity index (χ3n) is 3.80. The van der Waals surface area contributed by atoms with Crippen molar-refractivity contribution in [3.05, 3.63) is 41.6 Å². The van der Waals surface area contributed by atoms with Gasteiger partial charge in [-0.1, -0.05) is 6.07 Å². The van der Waals surface area contributed by atoms with Gasteiger partial charge in [-0.25, -0.2) is 0 Å². The van der Waals surface area contributed by atoms with Crippen LogP contribution in [0.2, 0.25) is 0 Å². The summed E-state index contributed by atoms with van der Waals surface area (Å²) < 4.78 is 10.6. The Morgan fingerprint density at radius 2 is 2.00 bits per heavy atom. The second-order valence-electron chi connectivity index (χ2n) is 5.54. The molecule has 7 heteroatoms. The van der Waals surface area contributed by atoms with Crippen LogP contribution in [0, 0.1) is 6.92 Å². The zero-order valence-corrected chi connectivity index (χ0v) is 13.8. The van der Waals surface area contributed by atoms with Crippen molar-refractivity contribution < 1.29 is 14.3 Å². The van der Waals surface area contributed by atoms with Crippen LogP contribution in [0.15, 0.2) is 30.3 Å². The average Bonchev–Trinajstić information content (AvgIpc) is 2.63. The van der Waals surface area contributed by atoms with Crippen molar-refractivity contribution in [2.75, 3.05) is 38.7 Å². The quantitative estimate of drug-likeness (QED) is 0.925. The van der Waals surface area contributed by atoms with Gasteiger partial charge in [0.05, 0.1) is 26.0 Å². The third-order valence-corrected chi connectivity index (χ3v) is 3.80. The van der Waals surface area contributed by atoms with Crippen LogP contribution >= 0.6 is 0 Å². The minimum atomic E-state index is -0.120. The van der Waals surface area contributed by atoms with Crippen molar-refractivity contribution in [3.8, 4) is 5.75 Å². The van der Waals surface area contributed by atoms with Crippen molar-refractivity contribution in [1.29, 1.82) is 0 Å². The number of amides is 1. The number of benzene rings is 1. The van der Waals surface area contributed by atoms with Gasteiger partial charge in [-0.15, -0.1) is 10.2 Å². The second-order valence-corrected chi connectivity index (χ2v) is 5.54. The summed E-state index contributed by atoms with van der Waals surface area (Å²) >= 11 is 0. The lowest BCUT2D eigenvalue weighted by atomic mass is 10.2. The number of morpholine rings is 1. The maximum atomic E-state index is 12.3. The number of ether oxygens (including phenoxy) is 2. The molecule has 3 rings (SSSR count). The van der Waals surface area contributed by atoms with Gasteiger partial charge in [0.1, 0.15) is 5.75 Å². The van der Waals surface area contributed by atoms with Crippen LogP contribution in [0.3, 0.4) is 0 Å². The first-order chi connectivity index (χ1) is 11.7. The van der Waals surface area contributed by atoms with Gasteiger partial charge in [-0.2, -0.15) is 0 Å². The maximum Gasteiger partial charge on any atom is 0.274 e. The number of anilines is 2. The number of aryl methyl sites for hydroxylation is 1. The lowest BCUT2D eigenvalue weighted by molar-refractivity contribution is 0.0298. The van der Waals surface area contributed by atoms with Crippen LogP contribution in [0.4, 0.5) is 11.5 Å². The molecule has 0 bridgehead atoms. The first kappa shape index (κ1) is 16.2. The molecule has 0 radical (unpaired) electrons. The maximum absolute atomic E-state index is 12.3. The summed E-state index contributed by atoms with van der Waals surface area (Å²) in [6.45, 7) is 4.29. The Labute approximate surface area is 140 Å². The molecule has 7 nitrogen and oxygen atoms in total. The zero-order chi connectivity index (χ0) is 16.9. The molecule has 1 aliphatic rings. The summed E-state index contributed by atoms with van der Waals surface area (Å²) in [5, 5.41) is 11.3. The van der Waals surface area contributed by atoms with E-state index in [-0.39, 0.29) is 5.91 Å². The van der Waals surface area contributed by atoms with E-state index < -0.39 is 0 Å². The molecule has 1 saturated heterocycles. The Hall–Kier alpha value is -2.67. The van der Waals surface area contributed by atoms with Gasteiger partial charge < -0.3 is 19.7 Å². The summed E-state index contributed by atoms with van der Waals surface area (Å²) in [6.07, 6.45) is 0. The molecule has 126 valence electrons. The van der Waals surface area contributed by atoms with E-state index in [0.717, 1.165) is 17.0 Å². The smallest absolute Gasteiger partial charge is 0.274 e. The Morgan fingerprint density at radius 1 is 1.21 bits per heavy atom. The highest BCUT2D eigenvalue weighted by molar-refractivity contribution is 5.92. The topological polar surface area (TPSA) is 76.6 Å². The predicted molar refractivity (Wildman–Crippen MR) is 89.8 cm³/mol. The van der Waals surface area contributed by atoms with E-state index in [9.17, 15) is 4.79 Å². The number of methoxy groups -OCH3 is 1. The molecule has 2 heterocycles. The molecule has 1 N–H and O–H groups in total. The predicted octanol–water partition coefficient (Wildman–Crippen LogP) is 2.01. The van der Waals surface area contributed by atoms with E-state index in [1.54, 1.807) is 24.1 Å². The van der Waals surface area contributed by atoms with Gasteiger partial charge in [-0.3, -0.25) is 4.79 Å². The van der Waals surface area contributed by atoms with Crippen molar-refractivity contribution in [3.63, 3.8) is 0 Å². The van der Waals surface area contributed by atoms with E-state index >= 15 is 0 Å². The molecular weight excluding hydrogens is 308 g/mol. The summed E-state index contributed by atoms with van der Waals surface area (Å²) in [4.78, 5) is 14.1. The fourth-order valence-electron chi connectivity index (χ4n) is 2.50. The molecule has 0 atom stereocenters. The minimum Gasteiger partial charge on any atom is -0.495 e. The standard InChI is InChI=1S/C17H20N4O3/c1-12-3-5-15(23-2)14(11-12)18-16-6-4-13(19-20-16)17(22)21-7-9-24-10-8-21/h3-6,11H,7-10H2,1-2H3,(H,18,20). The van der Waals surface area contributed by atoms with Gasteiger partial charge in [0.2, 0.25) is 0 Å². The third kappa shape index (κ3) is 3.62. The molecule has 0 saturated carbocycles. The van der Waals surface area contributed by atoms with E-state index in [0.29, 0.717) is 37.8 Å². The van der Waals surface area contributed by atoms with E-state index in [1.807, 2.05) is 25.1 Å². The van der Waals surface area contributed by atoms with Gasteiger partial charge in [0.15, 0.2) is 11.5 Å². The molecule has 1 aromatic heterocycles. The van der Waals surface area contributed by atoms with Gasteiger partial charge in [0, 0.05) is 13.1 Å². The minimum absolute atomic E-state index is 0.120. The molecule has 0 aliphatic carbocycles. The highest BCUT2D eigenvalue weighted by atomic mass is 16.5. The molecule has 24 heavy (non-hydrogen) atoms. The Morgan fingerprint density at radius 3 is 2.67 bits per heavy atom. The van der Waals surface area contributed by atoms with E-state index in [4.69, 9.17) is 9.47 Å². The summed E-state index contributed by atoms with van der Waals surface area (Å²) in [5.74, 6) is 1.15. The van der Waals surface area contributed by atoms with Crippen LogP contribution in [-0.2, 0) is 4.74 Å². The number of hydrogen-bond acceptors (Lipinski definition) is 6. The number of aromatic nitrogens is 2. The Kier molecular flexibility index (Phi) is 4.90. The van der Waals surface area contributed by atoms with Crippen LogP contribution in [-0.4, -0.2) is 54.4 Å². The molecule has 0 unspecified atom stereocenters. The van der Waals surface area contributed by atoms with Crippen molar-refractivity contribution in [2.45, 2.75) is 6.92 Å². The lowest BCUT2D eigenvalue weighted by Gasteiger charge is -2.26. The SMILES string of the molecule is COc1ccc(C)cc1Nc1ccc(C(=O)N2CCOCC2)nn1. The highest BCUT2D eigenvalue weighted by Crippen LogP contribution is 2.27. The highest BCUT2D eigenvalue weighted by Gasteiger charge is 2.20. The van der Waals surface area contributed by atoms with Gasteiger partial charge in [0.25, 0.3) is 5.91 Å². The van der Waals surface area contributed by atoms with Crippen molar-refractivity contribution in [1.82, 2.24) is 15.1 Å². The van der Waals surface area contributed by atoms with Crippen molar-refractivity contribution >= 4 is 17.4 Å². The van der Waals surface area contributed by atoms with Gasteiger partial charge >= 0.3 is 0 Å². The van der Waals surface area contributed by atoms with Crippen LogP contribution in [0.1, 0.15) is 16.1 Å². The molecule has 1 fully saturated rings. The molecular formula is C17H20N4O3. The summed E-state index contributed by atoms with van der Waals surface area (Å²) in [5.41, 5.74) is 2.24. The summed E-state index contributed by atoms with van der Waals surface area (Å²) in [6, 6.07) is 9.24. The number of rotatable bonds is 4. The average molecular weight is 328 g/mol. The number of carbonyl (C=O) groups excluding carboxylic acids is 1. The number of hydrogen-bond donors (Lipinski definition) is 1. The first-order valence-electron chi connectivity index (χ1n) is 7.80. The molecule has 2 aromatic rings. The zero-order valence-electron chi connectivity index (χ0n) is 13.8. The van der Waals surface area contributed by atoms with Crippen LogP contribution in [0.5, 0.6) is 5.75 Å². The number of nitrogens with one attached hydrogen (secondary N) is 1. The van der Waals surface area contributed by atoms with E-state index in [2.05, 4.69) is 15.5 Å². The van der Waals surface area contributed by atoms with Crippen LogP contribution in [0.25, 0.3) is 0 Å². The normalized spacial score (nSPS) is 14.3. The number of nitrogens with zero attached hydrogens (tertiary/aromatic N) is 3. The summed E-state index contributed by atoms with van der Waals surface area (Å²) in [7, 11) is 1.62. The molecule has 1 aliphatic heterocycles.